The van der Waals surface area contributed by atoms with Crippen LogP contribution in [0.15, 0.2) is 218 Å². The highest BCUT2D eigenvalue weighted by Gasteiger charge is 2.53. The topological polar surface area (TPSA) is 156 Å². The van der Waals surface area contributed by atoms with Crippen molar-refractivity contribution in [2.75, 3.05) is 33.5 Å². The van der Waals surface area contributed by atoms with Gasteiger partial charge in [0.15, 0.2) is 10.3 Å². The van der Waals surface area contributed by atoms with Gasteiger partial charge in [-0.3, -0.25) is 30.2 Å². The van der Waals surface area contributed by atoms with Crippen molar-refractivity contribution >= 4 is 74.8 Å². The van der Waals surface area contributed by atoms with E-state index in [9.17, 15) is 14.7 Å². The number of hydrogen-bond acceptors (Lipinski definition) is 12. The average molecular weight is 1130 g/mol. The molecule has 6 aromatic heterocycles. The lowest BCUT2D eigenvalue weighted by Gasteiger charge is -2.44. The zero-order valence-electron chi connectivity index (χ0n) is 45.4. The number of carbonyl (C=O) groups excluding carboxylic acids is 2. The molecule has 17 heteroatoms. The van der Waals surface area contributed by atoms with Crippen LogP contribution in [0.1, 0.15) is 89.2 Å². The number of rotatable bonds is 16. The van der Waals surface area contributed by atoms with Crippen LogP contribution in [0.4, 0.5) is 21.6 Å². The van der Waals surface area contributed by atoms with Crippen LogP contribution in [-0.4, -0.2) is 79.6 Å². The van der Waals surface area contributed by atoms with E-state index in [0.717, 1.165) is 46.9 Å². The number of hydrogen-bond donors (Lipinski definition) is 3. The maximum absolute atomic E-state index is 13.5. The summed E-state index contributed by atoms with van der Waals surface area (Å²) in [5, 5.41) is 23.9. The molecule has 0 unspecified atom stereocenters. The van der Waals surface area contributed by atoms with E-state index in [0.29, 0.717) is 47.7 Å². The van der Waals surface area contributed by atoms with Crippen LogP contribution in [0.25, 0.3) is 0 Å². The van der Waals surface area contributed by atoms with E-state index in [2.05, 4.69) is 146 Å². The number of nitrogens with zero attached hydrogens (tertiary/aromatic N) is 8. The smallest absolute Gasteiger partial charge is 0.274 e. The molecule has 2 fully saturated rings. The number of thiazole rings is 2. The Morgan fingerprint density at radius 3 is 1.43 bits per heavy atom. The number of nitrogens with one attached hydrogen (secondary N) is 2. The van der Waals surface area contributed by atoms with E-state index in [1.54, 1.807) is 30.9 Å². The molecule has 410 valence electrons. The van der Waals surface area contributed by atoms with Crippen molar-refractivity contribution in [2.24, 2.45) is 0 Å². The fourth-order valence-electron chi connectivity index (χ4n) is 11.2. The summed E-state index contributed by atoms with van der Waals surface area (Å²) < 4.78 is 11.5. The van der Waals surface area contributed by atoms with Crippen molar-refractivity contribution in [1.82, 2.24) is 29.1 Å². The van der Waals surface area contributed by atoms with E-state index in [4.69, 9.17) is 9.41 Å². The fraction of sp³-hybridized carbons (Fsp3) is 0.219. The molecule has 8 heterocycles. The van der Waals surface area contributed by atoms with Crippen molar-refractivity contribution in [3.05, 3.63) is 252 Å². The molecule has 0 spiro atoms. The molecule has 4 atom stereocenters. The number of amides is 2. The molecular formula is C64H64N10O4S2Si. The summed E-state index contributed by atoms with van der Waals surface area (Å²) in [6.45, 7) is 9.45. The van der Waals surface area contributed by atoms with Crippen molar-refractivity contribution in [3.63, 3.8) is 0 Å². The molecule has 2 saturated heterocycles. The Kier molecular flexibility index (Phi) is 16.6. The lowest BCUT2D eigenvalue weighted by molar-refractivity contribution is 0.101. The summed E-state index contributed by atoms with van der Waals surface area (Å²) in [5.74, 6) is -0.379. The molecule has 0 saturated carbocycles. The zero-order chi connectivity index (χ0) is 55.8. The molecule has 0 bridgehead atoms. The summed E-state index contributed by atoms with van der Waals surface area (Å²) >= 11 is 2.86. The maximum Gasteiger partial charge on any atom is 0.274 e. The van der Waals surface area contributed by atoms with Gasteiger partial charge in [-0.05, 0) is 99.3 Å². The Morgan fingerprint density at radius 2 is 0.988 bits per heavy atom. The first kappa shape index (κ1) is 54.6. The summed E-state index contributed by atoms with van der Waals surface area (Å²) in [6, 6.07) is 57.4. The Hall–Kier alpha value is -8.32. The third kappa shape index (κ3) is 12.4. The molecule has 10 aromatic rings. The number of aromatic nitrogens is 6. The Morgan fingerprint density at radius 1 is 0.568 bits per heavy atom. The van der Waals surface area contributed by atoms with E-state index >= 15 is 0 Å². The van der Waals surface area contributed by atoms with Gasteiger partial charge in [-0.15, -0.1) is 22.7 Å². The van der Waals surface area contributed by atoms with Crippen LogP contribution in [0.2, 0.25) is 5.04 Å². The predicted octanol–water partition coefficient (Wildman–Crippen LogP) is 11.5. The SMILES string of the molecule is CC(C)(C)[Si](O[C@@H]1C[C@H](c2csc(NC(=O)c3cccn3Cc3ccncc3)n2)N(c2ccccc2)C1)(c1ccccc1)c1ccccc1.O=C(Nc1nc([C@H]2C[C@@H](O)CN2c2ccccc2)cs1)c1cccn1Cc1ccncc1. The minimum atomic E-state index is -2.76. The van der Waals surface area contributed by atoms with Gasteiger partial charge < -0.3 is 28.5 Å². The van der Waals surface area contributed by atoms with Gasteiger partial charge >= 0.3 is 0 Å². The maximum atomic E-state index is 13.5. The number of anilines is 4. The van der Waals surface area contributed by atoms with E-state index in [1.807, 2.05) is 106 Å². The number of pyridine rings is 2. The average Bonchev–Trinajstić information content (AvgIpc) is 4.53. The van der Waals surface area contributed by atoms with E-state index in [1.165, 1.54) is 33.0 Å². The quantitative estimate of drug-likeness (QED) is 0.0796. The normalized spacial score (nSPS) is 17.1. The number of carbonyl (C=O) groups is 2. The number of aliphatic hydroxyl groups excluding tert-OH is 1. The first-order valence-corrected chi connectivity index (χ1v) is 30.9. The van der Waals surface area contributed by atoms with Crippen molar-refractivity contribution < 1.29 is 19.1 Å². The van der Waals surface area contributed by atoms with Gasteiger partial charge in [-0.25, -0.2) is 9.97 Å². The number of para-hydroxylation sites is 2. The Balaban J connectivity index is 0.000000186. The van der Waals surface area contributed by atoms with Gasteiger partial charge in [-0.2, -0.15) is 0 Å². The highest BCUT2D eigenvalue weighted by atomic mass is 32.1. The number of aliphatic hydroxyl groups is 1. The molecule has 0 radical (unpaired) electrons. The third-order valence-electron chi connectivity index (χ3n) is 15.0. The minimum absolute atomic E-state index is 0.0110. The molecule has 4 aromatic carbocycles. The van der Waals surface area contributed by atoms with Gasteiger partial charge in [-0.1, -0.05) is 118 Å². The van der Waals surface area contributed by atoms with Crippen molar-refractivity contribution in [3.8, 4) is 0 Å². The molecule has 2 aliphatic rings. The highest BCUT2D eigenvalue weighted by Crippen LogP contribution is 2.44. The first-order chi connectivity index (χ1) is 39.5. The van der Waals surface area contributed by atoms with Gasteiger partial charge in [0.05, 0.1) is 35.7 Å². The van der Waals surface area contributed by atoms with E-state index in [-0.39, 0.29) is 35.0 Å². The van der Waals surface area contributed by atoms with Crippen LogP contribution in [0.3, 0.4) is 0 Å². The monoisotopic (exact) mass is 1130 g/mol. The molecule has 81 heavy (non-hydrogen) atoms. The van der Waals surface area contributed by atoms with Crippen molar-refractivity contribution in [1.29, 1.82) is 0 Å². The number of benzene rings is 4. The van der Waals surface area contributed by atoms with E-state index < -0.39 is 14.4 Å². The largest absolute Gasteiger partial charge is 0.403 e. The van der Waals surface area contributed by atoms with Gasteiger partial charge in [0.25, 0.3) is 20.1 Å². The summed E-state index contributed by atoms with van der Waals surface area (Å²) in [4.78, 5) is 48.8. The third-order valence-corrected chi connectivity index (χ3v) is 21.6. The molecule has 2 amide bonds. The number of β-amino-alcohol motifs (C(OH)–C–C–N with tert-alkyl or cyclic N) is 1. The van der Waals surface area contributed by atoms with Crippen LogP contribution in [0, 0.1) is 0 Å². The van der Waals surface area contributed by atoms with Crippen LogP contribution >= 0.6 is 22.7 Å². The fourth-order valence-corrected chi connectivity index (χ4v) is 17.4. The zero-order valence-corrected chi connectivity index (χ0v) is 48.0. The molecule has 2 aliphatic heterocycles. The Labute approximate surface area is 481 Å². The van der Waals surface area contributed by atoms with Crippen molar-refractivity contribution in [2.45, 2.75) is 76.0 Å². The lowest BCUT2D eigenvalue weighted by Crippen LogP contribution is -2.67. The van der Waals surface area contributed by atoms with Crippen LogP contribution < -0.4 is 30.8 Å². The first-order valence-electron chi connectivity index (χ1n) is 27.2. The molecule has 3 N–H and O–H groups in total. The second-order valence-electron chi connectivity index (χ2n) is 21.4. The summed E-state index contributed by atoms with van der Waals surface area (Å²) in [5.41, 5.74) is 7.29. The predicted molar refractivity (Wildman–Crippen MR) is 326 cm³/mol. The van der Waals surface area contributed by atoms with Gasteiger partial charge in [0.1, 0.15) is 11.4 Å². The van der Waals surface area contributed by atoms with Gasteiger partial charge in [0, 0.05) is 98.3 Å². The molecule has 12 rings (SSSR count). The lowest BCUT2D eigenvalue weighted by atomic mass is 10.1. The van der Waals surface area contributed by atoms with Gasteiger partial charge in [0.2, 0.25) is 0 Å². The van der Waals surface area contributed by atoms with Crippen LogP contribution in [-0.2, 0) is 17.5 Å². The minimum Gasteiger partial charge on any atom is -0.403 e. The molecular weight excluding hydrogens is 1060 g/mol. The summed E-state index contributed by atoms with van der Waals surface area (Å²) in [7, 11) is -2.76. The highest BCUT2D eigenvalue weighted by molar-refractivity contribution is 7.14. The summed E-state index contributed by atoms with van der Waals surface area (Å²) in [6.07, 6.45) is 11.8. The molecule has 0 aliphatic carbocycles. The standard InChI is InChI=1S/C40H41N5O2SSi.C24H23N5O2S/c1-40(2,3)49(33-16-9-5-10-17-33,34-18-11-6-12-19-34)47-32-26-37(45(28-32)31-14-7-4-8-15-31)35-29-48-39(42-35)43-38(46)36-20-13-25-44(36)27-30-21-23-41-24-22-30;30-19-13-22(29(15-19)18-5-2-1-3-6-18)20-16-32-24(26-20)27-23(31)21-7-4-12-28(21)14-17-8-10-25-11-9-17/h4-25,29,32,37H,26-28H2,1-3H3,(H,42,43,46);1-12,16,19,22,30H,13-15H2,(H,26,27,31)/t32-,37-;19-,22-/m11/s1. The Bertz CT molecular complexity index is 3590. The molecule has 14 nitrogen and oxygen atoms in total. The second kappa shape index (κ2) is 24.6. The van der Waals surface area contributed by atoms with Crippen LogP contribution in [0.5, 0.6) is 0 Å². The second-order valence-corrected chi connectivity index (χ2v) is 27.3.